The van der Waals surface area contributed by atoms with Gasteiger partial charge in [-0.2, -0.15) is 0 Å². The van der Waals surface area contributed by atoms with Crippen molar-refractivity contribution in [3.8, 4) is 0 Å². The van der Waals surface area contributed by atoms with Crippen molar-refractivity contribution in [3.63, 3.8) is 0 Å². The van der Waals surface area contributed by atoms with Gasteiger partial charge < -0.3 is 4.74 Å². The number of hydrogen-bond acceptors (Lipinski definition) is 3. The average Bonchev–Trinajstić information content (AvgIpc) is 2.62. The Hall–Kier alpha value is -2.62. The predicted octanol–water partition coefficient (Wildman–Crippen LogP) is 5.40. The fourth-order valence-electron chi connectivity index (χ4n) is 2.08. The zero-order valence-corrected chi connectivity index (χ0v) is 15.7. The molecular formula is C21H28N2O2. The van der Waals surface area contributed by atoms with E-state index in [2.05, 4.69) is 19.2 Å². The Morgan fingerprint density at radius 1 is 1.04 bits per heavy atom. The first-order chi connectivity index (χ1) is 12.0. The van der Waals surface area contributed by atoms with Crippen molar-refractivity contribution in [1.82, 2.24) is 5.32 Å². The third-order valence-corrected chi connectivity index (χ3v) is 3.58. The summed E-state index contributed by atoms with van der Waals surface area (Å²) in [6.45, 7) is 10.4. The Morgan fingerprint density at radius 3 is 2.12 bits per heavy atom. The number of nitrogens with one attached hydrogen (secondary N) is 2. The molecule has 2 aromatic rings. The molecule has 4 nitrogen and oxygen atoms in total. The van der Waals surface area contributed by atoms with E-state index in [9.17, 15) is 4.79 Å². The molecule has 134 valence electrons. The van der Waals surface area contributed by atoms with Crippen LogP contribution in [0.25, 0.3) is 0 Å². The monoisotopic (exact) mass is 340 g/mol. The van der Waals surface area contributed by atoms with Gasteiger partial charge in [0.1, 0.15) is 12.4 Å². The van der Waals surface area contributed by atoms with Crippen LogP contribution in [0.4, 0.5) is 4.79 Å². The summed E-state index contributed by atoms with van der Waals surface area (Å²) in [4.78, 5) is 11.8. The van der Waals surface area contributed by atoms with E-state index in [-0.39, 0.29) is 12.4 Å². The maximum Gasteiger partial charge on any atom is 0.413 e. The first-order valence-electron chi connectivity index (χ1n) is 8.64. The van der Waals surface area contributed by atoms with Gasteiger partial charge in [0, 0.05) is 5.56 Å². The number of rotatable bonds is 4. The maximum absolute atomic E-state index is 11.8. The second-order valence-electron chi connectivity index (χ2n) is 5.84. The molecule has 2 rings (SSSR count). The summed E-state index contributed by atoms with van der Waals surface area (Å²) in [5, 5.41) is 10.3. The van der Waals surface area contributed by atoms with E-state index in [1.165, 1.54) is 5.56 Å². The number of amides is 1. The number of ether oxygens (including phenoxy) is 1. The van der Waals surface area contributed by atoms with E-state index in [0.29, 0.717) is 11.5 Å². The minimum absolute atomic E-state index is 0.0326. The molecule has 2 aromatic carbocycles. The zero-order chi connectivity index (χ0) is 18.8. The minimum atomic E-state index is -0.622. The fourth-order valence-corrected chi connectivity index (χ4v) is 2.08. The Bertz CT molecular complexity index is 674. The van der Waals surface area contributed by atoms with Crippen molar-refractivity contribution < 1.29 is 9.53 Å². The highest BCUT2D eigenvalue weighted by molar-refractivity contribution is 6.04. The lowest BCUT2D eigenvalue weighted by Crippen LogP contribution is -2.30. The Labute approximate surface area is 150 Å². The highest BCUT2D eigenvalue weighted by Crippen LogP contribution is 2.15. The molecule has 0 aliphatic heterocycles. The van der Waals surface area contributed by atoms with Crippen molar-refractivity contribution >= 4 is 11.9 Å². The van der Waals surface area contributed by atoms with E-state index in [1.54, 1.807) is 12.1 Å². The summed E-state index contributed by atoms with van der Waals surface area (Å²) in [6.07, 6.45) is -0.622. The molecule has 0 aromatic heterocycles. The maximum atomic E-state index is 11.8. The molecule has 0 spiro atoms. The van der Waals surface area contributed by atoms with Crippen LogP contribution in [0, 0.1) is 12.3 Å². The summed E-state index contributed by atoms with van der Waals surface area (Å²) in [5.41, 5.74) is 3.92. The number of carbonyl (C=O) groups excluding carboxylic acids is 1. The second-order valence-corrected chi connectivity index (χ2v) is 5.84. The lowest BCUT2D eigenvalue weighted by molar-refractivity contribution is 0.145. The van der Waals surface area contributed by atoms with Crippen molar-refractivity contribution in [2.75, 3.05) is 0 Å². The number of hydrogen-bond donors (Lipinski definition) is 2. The van der Waals surface area contributed by atoms with Gasteiger partial charge >= 0.3 is 6.09 Å². The van der Waals surface area contributed by atoms with Gasteiger partial charge in [0.15, 0.2) is 0 Å². The van der Waals surface area contributed by atoms with E-state index >= 15 is 0 Å². The molecule has 0 radical (unpaired) electrons. The predicted molar refractivity (Wildman–Crippen MR) is 103 cm³/mol. The molecule has 0 atom stereocenters. The number of alkyl carbamates (subject to hydrolysis) is 1. The Balaban J connectivity index is 0.00000151. The van der Waals surface area contributed by atoms with Gasteiger partial charge in [-0.1, -0.05) is 81.8 Å². The lowest BCUT2D eigenvalue weighted by Gasteiger charge is -2.10. The van der Waals surface area contributed by atoms with Crippen LogP contribution < -0.4 is 5.32 Å². The van der Waals surface area contributed by atoms with Crippen LogP contribution in [0.2, 0.25) is 0 Å². The number of aryl methyl sites for hydroxylation is 1. The summed E-state index contributed by atoms with van der Waals surface area (Å²) in [5.74, 6) is 0.508. The normalized spacial score (nSPS) is 9.84. The van der Waals surface area contributed by atoms with Crippen LogP contribution >= 0.6 is 0 Å². The third-order valence-electron chi connectivity index (χ3n) is 3.58. The molecule has 0 fully saturated rings. The van der Waals surface area contributed by atoms with Crippen LogP contribution in [-0.4, -0.2) is 11.9 Å². The standard InChI is InChI=1S/C19H22N2O2.C2H6/c1-13(2)16-10-6-15(7-11-16)12-23-19(22)21-18(20)17-8-4-14(3)5-9-17;1-2/h4-11,13H,12H2,1-3H3,(H2,20,21,22);1-2H3. The summed E-state index contributed by atoms with van der Waals surface area (Å²) < 4.78 is 5.15. The van der Waals surface area contributed by atoms with Gasteiger partial charge in [0.05, 0.1) is 0 Å². The highest BCUT2D eigenvalue weighted by Gasteiger charge is 2.08. The van der Waals surface area contributed by atoms with Crippen LogP contribution in [0.15, 0.2) is 48.5 Å². The molecule has 0 aliphatic carbocycles. The van der Waals surface area contributed by atoms with E-state index < -0.39 is 6.09 Å². The molecule has 25 heavy (non-hydrogen) atoms. The van der Waals surface area contributed by atoms with Crippen molar-refractivity contribution in [2.24, 2.45) is 0 Å². The van der Waals surface area contributed by atoms with Crippen LogP contribution in [0.5, 0.6) is 0 Å². The largest absolute Gasteiger partial charge is 0.444 e. The van der Waals surface area contributed by atoms with E-state index in [1.807, 2.05) is 57.2 Å². The summed E-state index contributed by atoms with van der Waals surface area (Å²) in [6, 6.07) is 15.4. The topological polar surface area (TPSA) is 62.2 Å². The van der Waals surface area contributed by atoms with Crippen molar-refractivity contribution in [1.29, 1.82) is 5.41 Å². The lowest BCUT2D eigenvalue weighted by atomic mass is 10.0. The van der Waals surface area contributed by atoms with Gasteiger partial charge in [-0.3, -0.25) is 10.7 Å². The van der Waals surface area contributed by atoms with Gasteiger partial charge in [-0.25, -0.2) is 4.79 Å². The second kappa shape index (κ2) is 10.3. The SMILES string of the molecule is CC.Cc1ccc(C(=N)NC(=O)OCc2ccc(C(C)C)cc2)cc1. The summed E-state index contributed by atoms with van der Waals surface area (Å²) >= 11 is 0. The quantitative estimate of drug-likeness (QED) is 0.578. The van der Waals surface area contributed by atoms with Gasteiger partial charge in [0.25, 0.3) is 0 Å². The molecule has 0 saturated heterocycles. The molecule has 0 saturated carbocycles. The van der Waals surface area contributed by atoms with E-state index in [4.69, 9.17) is 10.1 Å². The molecule has 2 N–H and O–H groups in total. The summed E-state index contributed by atoms with van der Waals surface area (Å²) in [7, 11) is 0. The van der Waals surface area contributed by atoms with Gasteiger partial charge in [-0.05, 0) is 24.0 Å². The van der Waals surface area contributed by atoms with Crippen molar-refractivity contribution in [3.05, 3.63) is 70.8 Å². The number of amidine groups is 1. The van der Waals surface area contributed by atoms with Gasteiger partial charge in [-0.15, -0.1) is 0 Å². The molecule has 0 unspecified atom stereocenters. The third kappa shape index (κ3) is 6.79. The van der Waals surface area contributed by atoms with Crippen LogP contribution in [0.1, 0.15) is 55.9 Å². The molecular weight excluding hydrogens is 312 g/mol. The van der Waals surface area contributed by atoms with Crippen molar-refractivity contribution in [2.45, 2.75) is 47.1 Å². The Kier molecular flexibility index (Phi) is 8.40. The molecule has 1 amide bonds. The van der Waals surface area contributed by atoms with Crippen LogP contribution in [0.3, 0.4) is 0 Å². The zero-order valence-electron chi connectivity index (χ0n) is 15.7. The first-order valence-corrected chi connectivity index (χ1v) is 8.64. The van der Waals surface area contributed by atoms with Crippen LogP contribution in [-0.2, 0) is 11.3 Å². The molecule has 4 heteroatoms. The first kappa shape index (κ1) is 20.4. The molecule has 0 aliphatic rings. The smallest absolute Gasteiger partial charge is 0.413 e. The molecule has 0 bridgehead atoms. The number of carbonyl (C=O) groups is 1. The molecule has 0 heterocycles. The van der Waals surface area contributed by atoms with Gasteiger partial charge in [0.2, 0.25) is 0 Å². The minimum Gasteiger partial charge on any atom is -0.444 e. The Morgan fingerprint density at radius 2 is 1.60 bits per heavy atom. The van der Waals surface area contributed by atoms with E-state index in [0.717, 1.165) is 11.1 Å². The highest BCUT2D eigenvalue weighted by atomic mass is 16.5. The number of benzene rings is 2. The fraction of sp³-hybridized carbons (Fsp3) is 0.333. The average molecular weight is 340 g/mol.